The van der Waals surface area contributed by atoms with Crippen molar-refractivity contribution in [1.82, 2.24) is 4.98 Å². The molecule has 0 amide bonds. The zero-order valence-electron chi connectivity index (χ0n) is 11.0. The molecule has 2 rings (SSSR count). The summed E-state index contributed by atoms with van der Waals surface area (Å²) in [5.41, 5.74) is 0.388. The topological polar surface area (TPSA) is 122 Å². The maximum absolute atomic E-state index is 11.3. The summed E-state index contributed by atoms with van der Waals surface area (Å²) in [4.78, 5) is 15.0. The average Bonchev–Trinajstić information content (AvgIpc) is 2.70. The van der Waals surface area contributed by atoms with Crippen LogP contribution in [0.15, 0.2) is 4.21 Å². The molecule has 1 saturated carbocycles. The van der Waals surface area contributed by atoms with E-state index in [2.05, 4.69) is 10.3 Å². The minimum absolute atomic E-state index is 0.0687. The summed E-state index contributed by atoms with van der Waals surface area (Å²) in [6, 6.07) is 0.129. The van der Waals surface area contributed by atoms with Gasteiger partial charge in [0.2, 0.25) is 10.0 Å². The lowest BCUT2D eigenvalue weighted by molar-refractivity contribution is -0.142. The second-order valence-electron chi connectivity index (χ2n) is 4.97. The van der Waals surface area contributed by atoms with Crippen LogP contribution in [-0.4, -0.2) is 30.5 Å². The Kier molecular flexibility index (Phi) is 4.31. The van der Waals surface area contributed by atoms with Crippen molar-refractivity contribution in [2.75, 3.05) is 5.32 Å². The second-order valence-corrected chi connectivity index (χ2v) is 7.72. The standard InChI is InChI=1S/C11H17N3O4S2/c1-6-10(20(12,17)18)19-11(13-6)14-8-4-2-7(3-5-8)9(15)16/h7-8H,2-5H2,1H3,(H,13,14)(H,15,16)(H2,12,17,18). The number of carboxylic acid groups (broad SMARTS) is 1. The number of hydrogen-bond donors (Lipinski definition) is 3. The van der Waals surface area contributed by atoms with Crippen LogP contribution in [0.3, 0.4) is 0 Å². The lowest BCUT2D eigenvalue weighted by atomic mass is 9.86. The van der Waals surface area contributed by atoms with Crippen molar-refractivity contribution in [2.24, 2.45) is 11.1 Å². The lowest BCUT2D eigenvalue weighted by Crippen LogP contribution is -2.29. The number of nitrogens with one attached hydrogen (secondary N) is 1. The molecule has 7 nitrogen and oxygen atoms in total. The molecule has 1 fully saturated rings. The van der Waals surface area contributed by atoms with E-state index in [1.807, 2.05) is 0 Å². The molecule has 20 heavy (non-hydrogen) atoms. The Morgan fingerprint density at radius 3 is 2.45 bits per heavy atom. The minimum atomic E-state index is -3.74. The summed E-state index contributed by atoms with van der Waals surface area (Å²) in [7, 11) is -3.74. The first-order chi connectivity index (χ1) is 9.27. The van der Waals surface area contributed by atoms with Gasteiger partial charge >= 0.3 is 5.97 Å². The smallest absolute Gasteiger partial charge is 0.306 e. The monoisotopic (exact) mass is 319 g/mol. The molecule has 1 aliphatic carbocycles. The highest BCUT2D eigenvalue weighted by atomic mass is 32.2. The van der Waals surface area contributed by atoms with Gasteiger partial charge in [-0.1, -0.05) is 11.3 Å². The van der Waals surface area contributed by atoms with Crippen molar-refractivity contribution in [1.29, 1.82) is 0 Å². The maximum atomic E-state index is 11.3. The first-order valence-electron chi connectivity index (χ1n) is 6.27. The molecular formula is C11H17N3O4S2. The van der Waals surface area contributed by atoms with Gasteiger partial charge in [0.25, 0.3) is 0 Å². The zero-order chi connectivity index (χ0) is 14.9. The Hall–Kier alpha value is -1.19. The number of hydrogen-bond acceptors (Lipinski definition) is 6. The molecule has 1 aliphatic rings. The maximum Gasteiger partial charge on any atom is 0.306 e. The quantitative estimate of drug-likeness (QED) is 0.765. The van der Waals surface area contributed by atoms with Crippen LogP contribution in [0, 0.1) is 12.8 Å². The molecule has 1 aromatic heterocycles. The van der Waals surface area contributed by atoms with Gasteiger partial charge in [0.05, 0.1) is 11.6 Å². The fourth-order valence-corrected chi connectivity index (χ4v) is 4.30. The first kappa shape index (κ1) is 15.2. The lowest BCUT2D eigenvalue weighted by Gasteiger charge is -2.26. The number of primary sulfonamides is 1. The number of thiazole rings is 1. The molecular weight excluding hydrogens is 302 g/mol. The van der Waals surface area contributed by atoms with Crippen LogP contribution in [0.4, 0.5) is 5.13 Å². The van der Waals surface area contributed by atoms with Gasteiger partial charge in [-0.3, -0.25) is 4.79 Å². The van der Waals surface area contributed by atoms with Gasteiger partial charge in [-0.2, -0.15) is 0 Å². The van der Waals surface area contributed by atoms with Gasteiger partial charge in [-0.25, -0.2) is 18.5 Å². The number of sulfonamides is 1. The Balaban J connectivity index is 2.00. The van der Waals surface area contributed by atoms with Gasteiger partial charge in [0.1, 0.15) is 0 Å². The molecule has 1 aromatic rings. The van der Waals surface area contributed by atoms with E-state index in [-0.39, 0.29) is 16.2 Å². The average molecular weight is 319 g/mol. The minimum Gasteiger partial charge on any atom is -0.481 e. The summed E-state index contributed by atoms with van der Waals surface area (Å²) >= 11 is 1.02. The molecule has 9 heteroatoms. The Labute approximate surface area is 121 Å². The molecule has 0 radical (unpaired) electrons. The molecule has 0 aromatic carbocycles. The van der Waals surface area contributed by atoms with Crippen LogP contribution in [0.1, 0.15) is 31.4 Å². The third kappa shape index (κ3) is 3.47. The van der Waals surface area contributed by atoms with E-state index in [1.54, 1.807) is 6.92 Å². The Morgan fingerprint density at radius 1 is 1.40 bits per heavy atom. The third-order valence-electron chi connectivity index (χ3n) is 3.42. The van der Waals surface area contributed by atoms with Crippen molar-refractivity contribution in [3.05, 3.63) is 5.69 Å². The number of nitrogens with zero attached hydrogens (tertiary/aromatic N) is 1. The zero-order valence-corrected chi connectivity index (χ0v) is 12.6. The summed E-state index contributed by atoms with van der Waals surface area (Å²) in [6.07, 6.45) is 2.72. The van der Waals surface area contributed by atoms with Crippen LogP contribution in [0.5, 0.6) is 0 Å². The number of aliphatic carboxylic acids is 1. The molecule has 0 unspecified atom stereocenters. The van der Waals surface area contributed by atoms with E-state index in [9.17, 15) is 13.2 Å². The molecule has 112 valence electrons. The fourth-order valence-electron chi connectivity index (χ4n) is 2.37. The van der Waals surface area contributed by atoms with E-state index in [0.29, 0.717) is 23.7 Å². The molecule has 0 spiro atoms. The SMILES string of the molecule is Cc1nc(NC2CCC(C(=O)O)CC2)sc1S(N)(=O)=O. The highest BCUT2D eigenvalue weighted by Gasteiger charge is 2.27. The summed E-state index contributed by atoms with van der Waals surface area (Å²) in [5.74, 6) is -1.02. The van der Waals surface area contributed by atoms with Crippen molar-refractivity contribution in [2.45, 2.75) is 42.9 Å². The number of carboxylic acids is 1. The molecule has 0 atom stereocenters. The predicted octanol–water partition coefficient (Wildman–Crippen LogP) is 1.15. The van der Waals surface area contributed by atoms with Crippen LogP contribution in [0.25, 0.3) is 0 Å². The van der Waals surface area contributed by atoms with Crippen molar-refractivity contribution < 1.29 is 18.3 Å². The van der Waals surface area contributed by atoms with Crippen LogP contribution in [-0.2, 0) is 14.8 Å². The summed E-state index contributed by atoms with van der Waals surface area (Å²) < 4.78 is 22.7. The summed E-state index contributed by atoms with van der Waals surface area (Å²) in [5, 5.41) is 17.7. The number of nitrogens with two attached hydrogens (primary N) is 1. The highest BCUT2D eigenvalue weighted by Crippen LogP contribution is 2.30. The molecule has 0 bridgehead atoms. The van der Waals surface area contributed by atoms with Crippen molar-refractivity contribution in [3.8, 4) is 0 Å². The number of anilines is 1. The number of aryl methyl sites for hydroxylation is 1. The normalized spacial score (nSPS) is 23.5. The van der Waals surface area contributed by atoms with Gasteiger partial charge in [-0.05, 0) is 32.6 Å². The van der Waals surface area contributed by atoms with E-state index in [1.165, 1.54) is 0 Å². The van der Waals surface area contributed by atoms with Gasteiger partial charge in [0, 0.05) is 6.04 Å². The van der Waals surface area contributed by atoms with E-state index >= 15 is 0 Å². The molecule has 0 aliphatic heterocycles. The number of carbonyl (C=O) groups is 1. The van der Waals surface area contributed by atoms with E-state index < -0.39 is 16.0 Å². The third-order valence-corrected chi connectivity index (χ3v) is 6.06. The first-order valence-corrected chi connectivity index (χ1v) is 8.63. The van der Waals surface area contributed by atoms with Gasteiger partial charge in [0.15, 0.2) is 9.34 Å². The van der Waals surface area contributed by atoms with Gasteiger partial charge in [-0.15, -0.1) is 0 Å². The highest BCUT2D eigenvalue weighted by molar-refractivity contribution is 7.91. The van der Waals surface area contributed by atoms with Crippen molar-refractivity contribution in [3.63, 3.8) is 0 Å². The summed E-state index contributed by atoms with van der Waals surface area (Å²) in [6.45, 7) is 1.60. The second kappa shape index (κ2) is 5.66. The predicted molar refractivity (Wildman–Crippen MR) is 75.2 cm³/mol. The molecule has 1 heterocycles. The van der Waals surface area contributed by atoms with Gasteiger partial charge < -0.3 is 10.4 Å². The fraction of sp³-hybridized carbons (Fsp3) is 0.636. The van der Waals surface area contributed by atoms with Crippen LogP contribution in [0.2, 0.25) is 0 Å². The van der Waals surface area contributed by atoms with Crippen LogP contribution >= 0.6 is 11.3 Å². The largest absolute Gasteiger partial charge is 0.481 e. The van der Waals surface area contributed by atoms with Crippen LogP contribution < -0.4 is 10.5 Å². The number of aromatic nitrogens is 1. The van der Waals surface area contributed by atoms with E-state index in [4.69, 9.17) is 10.2 Å². The van der Waals surface area contributed by atoms with Crippen molar-refractivity contribution >= 4 is 32.5 Å². The number of rotatable bonds is 4. The Morgan fingerprint density at radius 2 is 2.00 bits per heavy atom. The van der Waals surface area contributed by atoms with E-state index in [0.717, 1.165) is 24.2 Å². The Bertz CT molecular complexity index is 603. The molecule has 4 N–H and O–H groups in total. The molecule has 0 saturated heterocycles.